The lowest BCUT2D eigenvalue weighted by Gasteiger charge is -2.11. The third-order valence-electron chi connectivity index (χ3n) is 3.81. The summed E-state index contributed by atoms with van der Waals surface area (Å²) in [5.74, 6) is -1.73. The zero-order chi connectivity index (χ0) is 19.1. The minimum atomic E-state index is -4.03. The normalized spacial score (nSPS) is 14.7. The number of halogens is 1. The largest absolute Gasteiger partial charge is 0.465 e. The van der Waals surface area contributed by atoms with Crippen LogP contribution in [0.1, 0.15) is 15.9 Å². The number of esters is 1. The second-order valence-electron chi connectivity index (χ2n) is 5.38. The van der Waals surface area contributed by atoms with Crippen molar-refractivity contribution in [3.8, 4) is 0 Å². The molecule has 0 saturated carbocycles. The van der Waals surface area contributed by atoms with Gasteiger partial charge in [-0.25, -0.2) is 13.2 Å². The molecule has 0 unspecified atom stereocenters. The molecule has 0 aromatic heterocycles. The van der Waals surface area contributed by atoms with Crippen LogP contribution in [0.25, 0.3) is 5.70 Å². The Morgan fingerprint density at radius 2 is 1.85 bits per heavy atom. The zero-order valence-electron chi connectivity index (χ0n) is 13.4. The summed E-state index contributed by atoms with van der Waals surface area (Å²) < 4.78 is 29.9. The molecule has 0 spiro atoms. The molecule has 2 aromatic rings. The van der Waals surface area contributed by atoms with Gasteiger partial charge >= 0.3 is 5.97 Å². The first kappa shape index (κ1) is 18.0. The molecule has 0 saturated heterocycles. The molecule has 1 aliphatic heterocycles. The molecule has 7 nitrogen and oxygen atoms in total. The fourth-order valence-electron chi connectivity index (χ4n) is 2.67. The number of nitrogens with one attached hydrogen (secondary N) is 1. The number of nitrogens with two attached hydrogens (primary N) is 1. The van der Waals surface area contributed by atoms with Crippen molar-refractivity contribution in [1.82, 2.24) is 0 Å². The van der Waals surface area contributed by atoms with Crippen molar-refractivity contribution in [2.45, 2.75) is 4.90 Å². The molecule has 3 rings (SSSR count). The molecule has 134 valence electrons. The van der Waals surface area contributed by atoms with Crippen molar-refractivity contribution in [3.05, 3.63) is 63.5 Å². The van der Waals surface area contributed by atoms with Crippen molar-refractivity contribution < 1.29 is 22.7 Å². The number of methoxy groups -OCH3 is 1. The molecule has 9 heteroatoms. The first-order valence-electron chi connectivity index (χ1n) is 7.31. The number of hydrogen-bond donors (Lipinski definition) is 2. The second kappa shape index (κ2) is 6.47. The van der Waals surface area contributed by atoms with Gasteiger partial charge in [0, 0.05) is 11.3 Å². The summed E-state index contributed by atoms with van der Waals surface area (Å²) in [7, 11) is -2.81. The second-order valence-corrected chi connectivity index (χ2v) is 7.64. The van der Waals surface area contributed by atoms with Gasteiger partial charge in [-0.05, 0) is 24.3 Å². The van der Waals surface area contributed by atoms with Gasteiger partial charge in [-0.15, -0.1) is 0 Å². The predicted molar refractivity (Wildman–Crippen MR) is 96.2 cm³/mol. The Labute approximate surface area is 154 Å². The van der Waals surface area contributed by atoms with Crippen molar-refractivity contribution in [2.75, 3.05) is 12.4 Å². The molecule has 0 bridgehead atoms. The summed E-state index contributed by atoms with van der Waals surface area (Å²) in [6.07, 6.45) is 0. The summed E-state index contributed by atoms with van der Waals surface area (Å²) >= 11 is 5.98. The molecular formula is C17H13ClN2O5S. The topological polar surface area (TPSA) is 116 Å². The van der Waals surface area contributed by atoms with E-state index < -0.39 is 26.6 Å². The van der Waals surface area contributed by atoms with E-state index in [4.69, 9.17) is 17.3 Å². The van der Waals surface area contributed by atoms with E-state index >= 15 is 0 Å². The average Bonchev–Trinajstić information content (AvgIpc) is 2.83. The maximum Gasteiger partial charge on any atom is 0.339 e. The Hall–Kier alpha value is -2.84. The summed E-state index contributed by atoms with van der Waals surface area (Å²) in [6.45, 7) is 0. The Morgan fingerprint density at radius 3 is 2.50 bits per heavy atom. The van der Waals surface area contributed by atoms with Crippen LogP contribution < -0.4 is 11.1 Å². The molecule has 0 radical (unpaired) electrons. The smallest absolute Gasteiger partial charge is 0.339 e. The fraction of sp³-hybridized carbons (Fsp3) is 0.0588. The molecule has 0 atom stereocenters. The number of primary amides is 1. The van der Waals surface area contributed by atoms with Crippen molar-refractivity contribution in [2.24, 2.45) is 5.73 Å². The highest BCUT2D eigenvalue weighted by Gasteiger charge is 2.39. The number of carbonyl (C=O) groups excluding carboxylic acids is 2. The van der Waals surface area contributed by atoms with Crippen LogP contribution in [0.3, 0.4) is 0 Å². The van der Waals surface area contributed by atoms with Crippen LogP contribution in [0.2, 0.25) is 5.02 Å². The molecule has 1 heterocycles. The molecule has 26 heavy (non-hydrogen) atoms. The summed E-state index contributed by atoms with van der Waals surface area (Å²) in [5, 5.41) is 3.04. The summed E-state index contributed by atoms with van der Waals surface area (Å²) in [6, 6.07) is 10.5. The number of carbonyl (C=O) groups is 2. The van der Waals surface area contributed by atoms with E-state index in [1.54, 1.807) is 18.2 Å². The van der Waals surface area contributed by atoms with Crippen LogP contribution in [-0.2, 0) is 19.4 Å². The predicted octanol–water partition coefficient (Wildman–Crippen LogP) is 2.18. The molecule has 2 aromatic carbocycles. The van der Waals surface area contributed by atoms with E-state index in [0.717, 1.165) is 0 Å². The van der Waals surface area contributed by atoms with Gasteiger partial charge in [0.05, 0.1) is 28.3 Å². The third-order valence-corrected chi connectivity index (χ3v) is 6.01. The highest BCUT2D eigenvalue weighted by atomic mass is 35.5. The summed E-state index contributed by atoms with van der Waals surface area (Å²) in [4.78, 5) is 23.0. The van der Waals surface area contributed by atoms with Gasteiger partial charge in [-0.2, -0.15) is 0 Å². The Kier molecular flexibility index (Phi) is 4.47. The number of benzene rings is 2. The van der Waals surface area contributed by atoms with Crippen LogP contribution in [-0.4, -0.2) is 27.4 Å². The van der Waals surface area contributed by atoms with E-state index in [1.807, 2.05) is 0 Å². The van der Waals surface area contributed by atoms with Crippen LogP contribution in [0.15, 0.2) is 52.3 Å². The molecule has 1 amide bonds. The lowest BCUT2D eigenvalue weighted by Crippen LogP contribution is -2.20. The zero-order valence-corrected chi connectivity index (χ0v) is 15.0. The van der Waals surface area contributed by atoms with Crippen LogP contribution in [0.4, 0.5) is 5.69 Å². The molecular weight excluding hydrogens is 380 g/mol. The SMILES string of the molecule is COC(=O)c1cc(NC2=C(C(N)=O)S(=O)(=O)c3ccccc32)ccc1Cl. The standard InChI is InChI=1S/C17H13ClN2O5S/c1-25-17(22)11-8-9(6-7-12(11)18)20-14-10-4-2-3-5-13(10)26(23,24)15(14)16(19)21/h2-8,20H,1H3,(H2,19,21). The first-order chi connectivity index (χ1) is 12.3. The minimum absolute atomic E-state index is 0.0153. The number of anilines is 1. The fourth-order valence-corrected chi connectivity index (χ4v) is 4.49. The van der Waals surface area contributed by atoms with Crippen LogP contribution in [0, 0.1) is 0 Å². The molecule has 0 aliphatic carbocycles. The van der Waals surface area contributed by atoms with Gasteiger partial charge in [-0.3, -0.25) is 4.79 Å². The Bertz CT molecular complexity index is 1080. The van der Waals surface area contributed by atoms with E-state index in [2.05, 4.69) is 10.1 Å². The van der Waals surface area contributed by atoms with Gasteiger partial charge in [0.25, 0.3) is 5.91 Å². The first-order valence-corrected chi connectivity index (χ1v) is 9.17. The quantitative estimate of drug-likeness (QED) is 0.770. The van der Waals surface area contributed by atoms with Crippen molar-refractivity contribution in [1.29, 1.82) is 0 Å². The highest BCUT2D eigenvalue weighted by Crippen LogP contribution is 2.39. The number of fused-ring (bicyclic) bond motifs is 1. The van der Waals surface area contributed by atoms with Crippen molar-refractivity contribution in [3.63, 3.8) is 0 Å². The van der Waals surface area contributed by atoms with E-state index in [-0.39, 0.29) is 21.2 Å². The Morgan fingerprint density at radius 1 is 1.15 bits per heavy atom. The van der Waals surface area contributed by atoms with E-state index in [0.29, 0.717) is 11.3 Å². The maximum atomic E-state index is 12.6. The van der Waals surface area contributed by atoms with Gasteiger partial charge in [0.15, 0.2) is 4.91 Å². The van der Waals surface area contributed by atoms with Gasteiger partial charge in [-0.1, -0.05) is 29.8 Å². The van der Waals surface area contributed by atoms with Crippen LogP contribution >= 0.6 is 11.6 Å². The lowest BCUT2D eigenvalue weighted by atomic mass is 10.1. The molecule has 0 fully saturated rings. The van der Waals surface area contributed by atoms with Gasteiger partial charge < -0.3 is 15.8 Å². The van der Waals surface area contributed by atoms with Crippen LogP contribution in [0.5, 0.6) is 0 Å². The van der Waals surface area contributed by atoms with E-state index in [1.165, 1.54) is 31.4 Å². The Balaban J connectivity index is 2.15. The van der Waals surface area contributed by atoms with Gasteiger partial charge in [0.1, 0.15) is 0 Å². The molecule has 3 N–H and O–H groups in total. The maximum absolute atomic E-state index is 12.6. The number of sulfone groups is 1. The van der Waals surface area contributed by atoms with Crippen molar-refractivity contribution >= 4 is 44.7 Å². The highest BCUT2D eigenvalue weighted by molar-refractivity contribution is 7.97. The summed E-state index contributed by atoms with van der Waals surface area (Å²) in [5.41, 5.74) is 6.11. The molecule has 1 aliphatic rings. The lowest BCUT2D eigenvalue weighted by molar-refractivity contribution is -0.113. The number of amides is 1. The van der Waals surface area contributed by atoms with E-state index in [9.17, 15) is 18.0 Å². The number of ether oxygens (including phenoxy) is 1. The third kappa shape index (κ3) is 2.83. The average molecular weight is 393 g/mol. The van der Waals surface area contributed by atoms with Gasteiger partial charge in [0.2, 0.25) is 9.84 Å². The monoisotopic (exact) mass is 392 g/mol. The minimum Gasteiger partial charge on any atom is -0.465 e. The number of hydrogen-bond acceptors (Lipinski definition) is 6. The number of rotatable bonds is 4.